The van der Waals surface area contributed by atoms with Crippen LogP contribution in [-0.2, 0) is 30.3 Å². The van der Waals surface area contributed by atoms with E-state index in [0.29, 0.717) is 19.3 Å². The quantitative estimate of drug-likeness (QED) is 0.0531. The average Bonchev–Trinajstić information content (AvgIpc) is 3.46. The maximum absolute atomic E-state index is 13.9. The van der Waals surface area contributed by atoms with Gasteiger partial charge in [-0.1, -0.05) is 18.6 Å². The lowest BCUT2D eigenvalue weighted by atomic mass is 9.73. The summed E-state index contributed by atoms with van der Waals surface area (Å²) in [6.07, 6.45) is -1.03. The highest BCUT2D eigenvalue weighted by molar-refractivity contribution is 6.15. The number of amides is 3. The summed E-state index contributed by atoms with van der Waals surface area (Å²) in [6.45, 7) is 1.30. The zero-order valence-corrected chi connectivity index (χ0v) is 29.4. The number of phenols is 2. The molecule has 1 saturated heterocycles. The van der Waals surface area contributed by atoms with Crippen molar-refractivity contribution >= 4 is 29.2 Å². The van der Waals surface area contributed by atoms with Crippen molar-refractivity contribution in [3.63, 3.8) is 0 Å². The zero-order valence-electron chi connectivity index (χ0n) is 29.4. The molecule has 0 saturated carbocycles. The molecule has 2 aliphatic carbocycles. The van der Waals surface area contributed by atoms with Crippen molar-refractivity contribution in [2.24, 2.45) is 16.8 Å². The molecule has 1 fully saturated rings. The number of phenolic OH excluding ortho intramolecular Hbond substituents is 2. The molecular formula is C37H44N4O12. The van der Waals surface area contributed by atoms with Crippen molar-refractivity contribution in [2.75, 3.05) is 20.3 Å². The number of benzene rings is 2. The number of nitrogens with one attached hydrogen (secondary N) is 1. The first-order valence-corrected chi connectivity index (χ1v) is 17.6. The molecule has 0 bridgehead atoms. The molecule has 2 heterocycles. The smallest absolute Gasteiger partial charge is 0.253 e. The van der Waals surface area contributed by atoms with Gasteiger partial charge < -0.3 is 45.5 Å². The highest BCUT2D eigenvalue weighted by Gasteiger charge is 2.45. The molecule has 7 atom stereocenters. The number of ketones is 1. The van der Waals surface area contributed by atoms with Crippen LogP contribution in [0.4, 0.5) is 0 Å². The topological polar surface area (TPSA) is 251 Å². The van der Waals surface area contributed by atoms with Gasteiger partial charge in [0.15, 0.2) is 12.1 Å². The van der Waals surface area contributed by atoms with Crippen LogP contribution in [0.15, 0.2) is 35.5 Å². The van der Waals surface area contributed by atoms with Gasteiger partial charge in [0.2, 0.25) is 5.91 Å². The predicted molar refractivity (Wildman–Crippen MR) is 186 cm³/mol. The van der Waals surface area contributed by atoms with Crippen LogP contribution < -0.4 is 15.9 Å². The van der Waals surface area contributed by atoms with Crippen molar-refractivity contribution in [1.82, 2.24) is 10.3 Å². The Labute approximate surface area is 304 Å². The van der Waals surface area contributed by atoms with E-state index in [2.05, 4.69) is 10.5 Å². The highest BCUT2D eigenvalue weighted by Crippen LogP contribution is 2.54. The SMILES string of the molecule is COc1cccc2c1C(O)c1c(O)c3c(c(O)c1C2=O)CC(/C(CO)=N/NC(=O)CCCCCN1C(=O)C=CC1=O)C[C@@H]3OC1C[C@@H](N)[C@@H](O)[C@@H](C)O1. The van der Waals surface area contributed by atoms with Crippen LogP contribution in [0.5, 0.6) is 17.2 Å². The molecule has 53 heavy (non-hydrogen) atoms. The van der Waals surface area contributed by atoms with Crippen molar-refractivity contribution < 1.29 is 58.9 Å². The van der Waals surface area contributed by atoms with Gasteiger partial charge in [-0.15, -0.1) is 0 Å². The Bertz CT molecular complexity index is 1830. The number of aliphatic hydroxyl groups is 3. The van der Waals surface area contributed by atoms with Gasteiger partial charge in [-0.05, 0) is 38.7 Å². The molecular weight excluding hydrogens is 692 g/mol. The predicted octanol–water partition coefficient (Wildman–Crippen LogP) is 1.13. The second-order valence-electron chi connectivity index (χ2n) is 13.7. The third-order valence-corrected chi connectivity index (χ3v) is 10.4. The molecule has 2 aromatic rings. The fraction of sp³-hybridized carbons (Fsp3) is 0.486. The number of fused-ring (bicyclic) bond motifs is 3. The minimum Gasteiger partial charge on any atom is -0.507 e. The number of carbonyl (C=O) groups is 4. The summed E-state index contributed by atoms with van der Waals surface area (Å²) in [7, 11) is 1.38. The van der Waals surface area contributed by atoms with Gasteiger partial charge >= 0.3 is 0 Å². The standard InChI is InChI=1S/C37H44N4O12/c1-17-33(46)21(38)15-28(52-17)53-24-14-18(22(16-42)39-40-25(43)9-4-3-5-12-41-26(44)10-11-27(41)45)13-20-30(24)37(50)32-31(35(20)48)34(47)19-7-6-8-23(51-2)29(19)36(32)49/h6-8,10-11,17-18,21,24,28,33,36,42,46,48-50H,3-5,9,12-16,38H2,1-2H3,(H,40,43)/b39-22+/t17-,18?,21-,24+,28?,33+,36?/m1/s1. The fourth-order valence-electron chi connectivity index (χ4n) is 7.61. The summed E-state index contributed by atoms with van der Waals surface area (Å²) in [5.41, 5.74) is 8.72. The Kier molecular flexibility index (Phi) is 11.3. The second kappa shape index (κ2) is 15.7. The molecule has 8 N–H and O–H groups in total. The van der Waals surface area contributed by atoms with Gasteiger partial charge in [-0.2, -0.15) is 5.10 Å². The first-order valence-electron chi connectivity index (χ1n) is 17.6. The number of hydrogen-bond donors (Lipinski definition) is 7. The Balaban J connectivity index is 1.26. The van der Waals surface area contributed by atoms with Crippen LogP contribution in [0.25, 0.3) is 0 Å². The molecule has 3 unspecified atom stereocenters. The maximum atomic E-state index is 13.9. The third-order valence-electron chi connectivity index (χ3n) is 10.4. The van der Waals surface area contributed by atoms with E-state index < -0.39 is 72.5 Å². The van der Waals surface area contributed by atoms with Crippen LogP contribution in [0, 0.1) is 5.92 Å². The van der Waals surface area contributed by atoms with E-state index in [4.69, 9.17) is 19.9 Å². The van der Waals surface area contributed by atoms with Crippen LogP contribution in [0.2, 0.25) is 0 Å². The molecule has 2 aromatic carbocycles. The zero-order chi connectivity index (χ0) is 38.1. The number of ether oxygens (including phenoxy) is 3. The van der Waals surface area contributed by atoms with Gasteiger partial charge in [0.05, 0.1) is 43.3 Å². The van der Waals surface area contributed by atoms with E-state index in [1.807, 2.05) is 0 Å². The van der Waals surface area contributed by atoms with E-state index in [1.54, 1.807) is 19.1 Å². The van der Waals surface area contributed by atoms with Gasteiger partial charge in [0, 0.05) is 71.3 Å². The van der Waals surface area contributed by atoms with E-state index in [9.17, 15) is 44.7 Å². The van der Waals surface area contributed by atoms with Crippen LogP contribution in [0.1, 0.15) is 95.8 Å². The number of nitrogens with zero attached hydrogens (tertiary/aromatic N) is 2. The number of hydrogen-bond acceptors (Lipinski definition) is 14. The number of nitrogens with two attached hydrogens (primary N) is 1. The monoisotopic (exact) mass is 736 g/mol. The van der Waals surface area contributed by atoms with Crippen LogP contribution >= 0.6 is 0 Å². The van der Waals surface area contributed by atoms with E-state index >= 15 is 0 Å². The summed E-state index contributed by atoms with van der Waals surface area (Å²) < 4.78 is 17.7. The number of methoxy groups -OCH3 is 1. The van der Waals surface area contributed by atoms with Crippen molar-refractivity contribution in [1.29, 1.82) is 0 Å². The first kappa shape index (κ1) is 38.0. The third kappa shape index (κ3) is 7.30. The van der Waals surface area contributed by atoms with Gasteiger partial charge in [-0.25, -0.2) is 5.43 Å². The maximum Gasteiger partial charge on any atom is 0.253 e. The lowest BCUT2D eigenvalue weighted by Gasteiger charge is -2.40. The average molecular weight is 737 g/mol. The number of carbonyl (C=O) groups excluding carboxylic acids is 4. The number of hydrazone groups is 1. The van der Waals surface area contributed by atoms with E-state index in [0.717, 1.165) is 4.90 Å². The summed E-state index contributed by atoms with van der Waals surface area (Å²) >= 11 is 0. The van der Waals surface area contributed by atoms with E-state index in [1.165, 1.54) is 25.3 Å². The van der Waals surface area contributed by atoms with Crippen LogP contribution in [0.3, 0.4) is 0 Å². The molecule has 4 aliphatic rings. The summed E-state index contributed by atoms with van der Waals surface area (Å²) in [6, 6.07) is 3.94. The minimum absolute atomic E-state index is 0.0333. The molecule has 2 aliphatic heterocycles. The molecule has 6 rings (SSSR count). The molecule has 16 nitrogen and oxygen atoms in total. The van der Waals surface area contributed by atoms with Crippen LogP contribution in [-0.4, -0.2) is 104 Å². The number of imide groups is 1. The largest absolute Gasteiger partial charge is 0.507 e. The van der Waals surface area contributed by atoms with Crippen molar-refractivity contribution in [3.8, 4) is 17.2 Å². The normalized spacial score (nSPS) is 26.7. The van der Waals surface area contributed by atoms with Gasteiger partial charge in [0.1, 0.15) is 23.4 Å². The molecule has 284 valence electrons. The molecule has 16 heteroatoms. The number of aliphatic hydroxyl groups excluding tert-OH is 3. The molecule has 3 amide bonds. The minimum atomic E-state index is -1.55. The Morgan fingerprint density at radius 3 is 2.45 bits per heavy atom. The fourth-order valence-corrected chi connectivity index (χ4v) is 7.61. The van der Waals surface area contributed by atoms with Crippen molar-refractivity contribution in [3.05, 3.63) is 63.7 Å². The Morgan fingerprint density at radius 1 is 1.04 bits per heavy atom. The molecule has 0 radical (unpaired) electrons. The summed E-state index contributed by atoms with van der Waals surface area (Å²) in [4.78, 5) is 51.2. The van der Waals surface area contributed by atoms with Gasteiger partial charge in [-0.3, -0.25) is 24.1 Å². The Morgan fingerprint density at radius 2 is 1.77 bits per heavy atom. The highest BCUT2D eigenvalue weighted by atomic mass is 16.7. The number of aromatic hydroxyl groups is 2. The number of unbranched alkanes of at least 4 members (excludes halogenated alkanes) is 2. The van der Waals surface area contributed by atoms with Gasteiger partial charge in [0.25, 0.3) is 11.8 Å². The molecule has 0 aromatic heterocycles. The van der Waals surface area contributed by atoms with E-state index in [-0.39, 0.29) is 88.9 Å². The summed E-state index contributed by atoms with van der Waals surface area (Å²) in [5.74, 6) is -3.21. The lowest BCUT2D eigenvalue weighted by molar-refractivity contribution is -0.242. The lowest BCUT2D eigenvalue weighted by Crippen LogP contribution is -2.52. The molecule has 0 spiro atoms. The summed E-state index contributed by atoms with van der Waals surface area (Å²) in [5, 5.41) is 60.2. The van der Waals surface area contributed by atoms with Crippen molar-refractivity contribution in [2.45, 2.75) is 88.6 Å². The first-order chi connectivity index (χ1) is 25.4. The second-order valence-corrected chi connectivity index (χ2v) is 13.7. The Hall–Kier alpha value is -4.71. The number of rotatable bonds is 12.